The zero-order valence-corrected chi connectivity index (χ0v) is 30.2. The smallest absolute Gasteiger partial charge is 0.167 e. The Morgan fingerprint density at radius 1 is 0.304 bits per heavy atom. The van der Waals surface area contributed by atoms with E-state index >= 15 is 0 Å². The predicted octanol–water partition coefficient (Wildman–Crippen LogP) is 13.2. The van der Waals surface area contributed by atoms with Gasteiger partial charge in [-0.15, -0.1) is 0 Å². The van der Waals surface area contributed by atoms with Crippen LogP contribution in [0.5, 0.6) is 0 Å². The van der Waals surface area contributed by atoms with Gasteiger partial charge >= 0.3 is 0 Å². The number of fused-ring (bicyclic) bond motifs is 6. The number of furan rings is 1. The molecule has 3 heterocycles. The van der Waals surface area contributed by atoms with Gasteiger partial charge in [0.1, 0.15) is 11.2 Å². The van der Waals surface area contributed by atoms with Crippen LogP contribution in [0.4, 0.5) is 0 Å². The normalized spacial score (nSPS) is 11.6. The molecule has 0 N–H and O–H groups in total. The molecule has 0 atom stereocenters. The topological polar surface area (TPSA) is 56.7 Å². The van der Waals surface area contributed by atoms with Gasteiger partial charge in [0.15, 0.2) is 17.5 Å². The molecule has 0 amide bonds. The Labute approximate surface area is 322 Å². The second kappa shape index (κ2) is 13.0. The van der Waals surface area contributed by atoms with Gasteiger partial charge in [0.05, 0.1) is 16.6 Å². The third-order valence-electron chi connectivity index (χ3n) is 10.7. The van der Waals surface area contributed by atoms with Crippen LogP contribution in [0, 0.1) is 0 Å². The van der Waals surface area contributed by atoms with E-state index in [1.807, 2.05) is 66.7 Å². The highest BCUT2D eigenvalue weighted by Crippen LogP contribution is 2.40. The van der Waals surface area contributed by atoms with Gasteiger partial charge in [-0.25, -0.2) is 15.0 Å². The van der Waals surface area contributed by atoms with E-state index in [1.165, 1.54) is 21.8 Å². The maximum Gasteiger partial charge on any atom is 0.167 e. The molecule has 0 unspecified atom stereocenters. The van der Waals surface area contributed by atoms with Crippen molar-refractivity contribution in [2.24, 2.45) is 0 Å². The summed E-state index contributed by atoms with van der Waals surface area (Å²) >= 11 is 0. The van der Waals surface area contributed by atoms with Crippen LogP contribution in [-0.4, -0.2) is 19.5 Å². The van der Waals surface area contributed by atoms with Crippen molar-refractivity contribution in [3.63, 3.8) is 0 Å². The van der Waals surface area contributed by atoms with Crippen LogP contribution in [0.1, 0.15) is 0 Å². The Bertz CT molecular complexity index is 3110. The standard InChI is InChI=1S/C51H32N4O/c1-3-13-36(14-4-1)49-52-50(37-15-5-2-6-16-37)54-51(53-49)44-22-12-21-43-42-20-11-19-39(47(42)56-48(43)44)35-27-25-33(26-28-35)34-29-31-38(32-30-34)55-45-23-9-7-17-40(45)41-18-8-10-24-46(41)55/h1-32H. The first kappa shape index (κ1) is 31.9. The number of para-hydroxylation sites is 4. The lowest BCUT2D eigenvalue weighted by atomic mass is 9.98. The fourth-order valence-corrected chi connectivity index (χ4v) is 8.00. The van der Waals surface area contributed by atoms with Gasteiger partial charge in [-0.05, 0) is 47.0 Å². The van der Waals surface area contributed by atoms with Crippen LogP contribution in [0.2, 0.25) is 0 Å². The molecule has 0 aliphatic rings. The summed E-state index contributed by atoms with van der Waals surface area (Å²) in [6, 6.07) is 67.5. The minimum absolute atomic E-state index is 0.567. The summed E-state index contributed by atoms with van der Waals surface area (Å²) in [7, 11) is 0. The second-order valence-electron chi connectivity index (χ2n) is 14.0. The molecule has 0 radical (unpaired) electrons. The lowest BCUT2D eigenvalue weighted by molar-refractivity contribution is 0.670. The minimum atomic E-state index is 0.567. The first-order valence-electron chi connectivity index (χ1n) is 18.8. The fourth-order valence-electron chi connectivity index (χ4n) is 8.00. The Morgan fingerprint density at radius 3 is 1.30 bits per heavy atom. The van der Waals surface area contributed by atoms with Gasteiger partial charge < -0.3 is 8.98 Å². The summed E-state index contributed by atoms with van der Waals surface area (Å²) in [5.74, 6) is 1.80. The Balaban J connectivity index is 0.966. The molecule has 11 aromatic rings. The first-order chi connectivity index (χ1) is 27.8. The van der Waals surface area contributed by atoms with Crippen molar-refractivity contribution < 1.29 is 4.42 Å². The highest BCUT2D eigenvalue weighted by molar-refractivity contribution is 6.13. The molecular formula is C51H32N4O. The second-order valence-corrected chi connectivity index (χ2v) is 14.0. The van der Waals surface area contributed by atoms with Crippen LogP contribution in [0.3, 0.4) is 0 Å². The molecule has 0 fully saturated rings. The summed E-state index contributed by atoms with van der Waals surface area (Å²) in [6.07, 6.45) is 0. The largest absolute Gasteiger partial charge is 0.455 e. The fraction of sp³-hybridized carbons (Fsp3) is 0. The van der Waals surface area contributed by atoms with E-state index < -0.39 is 0 Å². The highest BCUT2D eigenvalue weighted by Gasteiger charge is 2.19. The van der Waals surface area contributed by atoms with Crippen LogP contribution in [0.15, 0.2) is 199 Å². The molecule has 262 valence electrons. The van der Waals surface area contributed by atoms with E-state index in [1.54, 1.807) is 0 Å². The summed E-state index contributed by atoms with van der Waals surface area (Å²) < 4.78 is 9.19. The average Bonchev–Trinajstić information content (AvgIpc) is 3.83. The Morgan fingerprint density at radius 2 is 0.732 bits per heavy atom. The summed E-state index contributed by atoms with van der Waals surface area (Å²) in [5.41, 5.74) is 12.2. The molecule has 0 saturated heterocycles. The van der Waals surface area contributed by atoms with Crippen LogP contribution in [-0.2, 0) is 0 Å². The van der Waals surface area contributed by atoms with Gasteiger partial charge in [-0.2, -0.15) is 0 Å². The van der Waals surface area contributed by atoms with Crippen molar-refractivity contribution >= 4 is 43.7 Å². The van der Waals surface area contributed by atoms with Crippen molar-refractivity contribution in [2.75, 3.05) is 0 Å². The number of nitrogens with zero attached hydrogens (tertiary/aromatic N) is 4. The van der Waals surface area contributed by atoms with E-state index in [2.05, 4.69) is 132 Å². The summed E-state index contributed by atoms with van der Waals surface area (Å²) in [6.45, 7) is 0. The van der Waals surface area contributed by atoms with E-state index in [9.17, 15) is 0 Å². The SMILES string of the molecule is c1ccc(-c2nc(-c3ccccc3)nc(-c3cccc4c3oc3c(-c5ccc(-c6ccc(-n7c8ccccc8c8ccccc87)cc6)cc5)cccc34)n2)cc1. The molecule has 0 spiro atoms. The Hall–Kier alpha value is -7.63. The van der Waals surface area contributed by atoms with Gasteiger partial charge in [0.2, 0.25) is 0 Å². The molecule has 56 heavy (non-hydrogen) atoms. The molecule has 5 nitrogen and oxygen atoms in total. The third kappa shape index (κ3) is 5.29. The lowest BCUT2D eigenvalue weighted by Crippen LogP contribution is -2.00. The molecule has 0 aliphatic heterocycles. The van der Waals surface area contributed by atoms with Gasteiger partial charge in [-0.1, -0.05) is 164 Å². The van der Waals surface area contributed by atoms with Crippen LogP contribution >= 0.6 is 0 Å². The molecule has 8 aromatic carbocycles. The minimum Gasteiger partial charge on any atom is -0.455 e. The van der Waals surface area contributed by atoms with Gasteiger partial charge in [-0.3, -0.25) is 0 Å². The molecular weight excluding hydrogens is 685 g/mol. The van der Waals surface area contributed by atoms with Crippen molar-refractivity contribution in [1.29, 1.82) is 0 Å². The maximum atomic E-state index is 6.84. The highest BCUT2D eigenvalue weighted by atomic mass is 16.3. The van der Waals surface area contributed by atoms with E-state index in [0.717, 1.165) is 66.6 Å². The lowest BCUT2D eigenvalue weighted by Gasteiger charge is -2.10. The Kier molecular flexibility index (Phi) is 7.42. The van der Waals surface area contributed by atoms with Crippen molar-refractivity contribution in [3.8, 4) is 62.1 Å². The number of hydrogen-bond acceptors (Lipinski definition) is 4. The zero-order chi connectivity index (χ0) is 37.0. The average molecular weight is 717 g/mol. The summed E-state index contributed by atoms with van der Waals surface area (Å²) in [5, 5.41) is 4.59. The molecule has 0 bridgehead atoms. The predicted molar refractivity (Wildman–Crippen MR) is 229 cm³/mol. The van der Waals surface area contributed by atoms with Crippen LogP contribution < -0.4 is 0 Å². The van der Waals surface area contributed by atoms with E-state index in [0.29, 0.717) is 17.5 Å². The molecule has 11 rings (SSSR count). The van der Waals surface area contributed by atoms with Crippen molar-refractivity contribution in [3.05, 3.63) is 194 Å². The van der Waals surface area contributed by atoms with Crippen molar-refractivity contribution in [2.45, 2.75) is 0 Å². The van der Waals surface area contributed by atoms with Crippen molar-refractivity contribution in [1.82, 2.24) is 19.5 Å². The number of aromatic nitrogens is 4. The monoisotopic (exact) mass is 716 g/mol. The van der Waals surface area contributed by atoms with Gasteiger partial charge in [0.25, 0.3) is 0 Å². The molecule has 3 aromatic heterocycles. The molecule has 5 heteroatoms. The first-order valence-corrected chi connectivity index (χ1v) is 18.8. The number of hydrogen-bond donors (Lipinski definition) is 0. The molecule has 0 aliphatic carbocycles. The third-order valence-corrected chi connectivity index (χ3v) is 10.7. The number of benzene rings is 8. The number of rotatable bonds is 6. The van der Waals surface area contributed by atoms with Gasteiger partial charge in [0, 0.05) is 43.9 Å². The zero-order valence-electron chi connectivity index (χ0n) is 30.2. The quantitative estimate of drug-likeness (QED) is 0.172. The van der Waals surface area contributed by atoms with Crippen LogP contribution in [0.25, 0.3) is 106 Å². The summed E-state index contributed by atoms with van der Waals surface area (Å²) in [4.78, 5) is 14.9. The molecule has 0 saturated carbocycles. The maximum absolute atomic E-state index is 6.84. The van der Waals surface area contributed by atoms with E-state index in [4.69, 9.17) is 19.4 Å². The van der Waals surface area contributed by atoms with E-state index in [-0.39, 0.29) is 0 Å².